The van der Waals surface area contributed by atoms with Crippen molar-refractivity contribution in [1.29, 1.82) is 0 Å². The average molecular weight is 256 g/mol. The molecule has 0 aliphatic heterocycles. The van der Waals surface area contributed by atoms with E-state index in [1.807, 2.05) is 30.3 Å². The van der Waals surface area contributed by atoms with Gasteiger partial charge in [0.05, 0.1) is 0 Å². The number of carbonyl (C=O) groups is 1. The zero-order chi connectivity index (χ0) is 13.8. The van der Waals surface area contributed by atoms with Gasteiger partial charge >= 0.3 is 5.97 Å². The Morgan fingerprint density at radius 3 is 2.21 bits per heavy atom. The van der Waals surface area contributed by atoms with E-state index in [4.69, 9.17) is 5.11 Å². The number of phenolic OH excluding ortho intramolecular Hbond substituents is 1. The van der Waals surface area contributed by atoms with Gasteiger partial charge in [-0.25, -0.2) is 4.79 Å². The number of hydrogen-bond acceptors (Lipinski definition) is 3. The highest BCUT2D eigenvalue weighted by Crippen LogP contribution is 2.33. The Labute approximate surface area is 109 Å². The summed E-state index contributed by atoms with van der Waals surface area (Å²) in [6.45, 7) is 0. The van der Waals surface area contributed by atoms with Crippen LogP contribution in [-0.4, -0.2) is 21.3 Å². The Balaban J connectivity index is 2.35. The zero-order valence-electron chi connectivity index (χ0n) is 9.95. The molecule has 4 nitrogen and oxygen atoms in total. The van der Waals surface area contributed by atoms with Crippen molar-refractivity contribution < 1.29 is 20.1 Å². The SMILES string of the molecule is O=C(O)c1ccc(C=Cc2ccccc2)c(O)c1O. The third-order valence-corrected chi connectivity index (χ3v) is 2.67. The molecule has 19 heavy (non-hydrogen) atoms. The van der Waals surface area contributed by atoms with E-state index in [0.29, 0.717) is 5.56 Å². The topological polar surface area (TPSA) is 77.8 Å². The van der Waals surface area contributed by atoms with Crippen LogP contribution in [0.25, 0.3) is 12.2 Å². The summed E-state index contributed by atoms with van der Waals surface area (Å²) < 4.78 is 0. The first-order valence-electron chi connectivity index (χ1n) is 5.61. The second-order valence-electron chi connectivity index (χ2n) is 3.95. The van der Waals surface area contributed by atoms with Crippen molar-refractivity contribution in [3.8, 4) is 11.5 Å². The van der Waals surface area contributed by atoms with Gasteiger partial charge in [0.25, 0.3) is 0 Å². The fourth-order valence-electron chi connectivity index (χ4n) is 1.65. The van der Waals surface area contributed by atoms with Gasteiger partial charge in [0.15, 0.2) is 11.5 Å². The van der Waals surface area contributed by atoms with E-state index in [1.165, 1.54) is 12.1 Å². The first kappa shape index (κ1) is 12.7. The van der Waals surface area contributed by atoms with Crippen LogP contribution in [0.3, 0.4) is 0 Å². The summed E-state index contributed by atoms with van der Waals surface area (Å²) in [7, 11) is 0. The third kappa shape index (κ3) is 2.74. The largest absolute Gasteiger partial charge is 0.504 e. The maximum Gasteiger partial charge on any atom is 0.339 e. The quantitative estimate of drug-likeness (QED) is 0.582. The van der Waals surface area contributed by atoms with Crippen LogP contribution in [0.1, 0.15) is 21.5 Å². The highest BCUT2D eigenvalue weighted by atomic mass is 16.4. The van der Waals surface area contributed by atoms with Crippen LogP contribution in [0.15, 0.2) is 42.5 Å². The van der Waals surface area contributed by atoms with Gasteiger partial charge in [-0.1, -0.05) is 48.6 Å². The van der Waals surface area contributed by atoms with Gasteiger partial charge in [0.1, 0.15) is 5.56 Å². The molecule has 0 heterocycles. The number of carboxylic acid groups (broad SMARTS) is 1. The molecule has 0 aliphatic carbocycles. The lowest BCUT2D eigenvalue weighted by atomic mass is 10.1. The minimum atomic E-state index is -1.29. The molecule has 2 rings (SSSR count). The zero-order valence-corrected chi connectivity index (χ0v) is 9.95. The van der Waals surface area contributed by atoms with Crippen LogP contribution in [0.2, 0.25) is 0 Å². The highest BCUT2D eigenvalue weighted by Gasteiger charge is 2.15. The lowest BCUT2D eigenvalue weighted by Gasteiger charge is -2.05. The number of benzene rings is 2. The molecule has 0 amide bonds. The van der Waals surface area contributed by atoms with Crippen molar-refractivity contribution in [2.24, 2.45) is 0 Å². The van der Waals surface area contributed by atoms with Crippen LogP contribution in [0.4, 0.5) is 0 Å². The van der Waals surface area contributed by atoms with Gasteiger partial charge in [0, 0.05) is 5.56 Å². The second-order valence-corrected chi connectivity index (χ2v) is 3.95. The molecule has 0 atom stereocenters. The van der Waals surface area contributed by atoms with Crippen LogP contribution >= 0.6 is 0 Å². The monoisotopic (exact) mass is 256 g/mol. The van der Waals surface area contributed by atoms with E-state index in [9.17, 15) is 15.0 Å². The van der Waals surface area contributed by atoms with Gasteiger partial charge in [-0.05, 0) is 11.6 Å². The summed E-state index contributed by atoms with van der Waals surface area (Å²) in [6, 6.07) is 12.1. The van der Waals surface area contributed by atoms with Crippen LogP contribution in [-0.2, 0) is 0 Å². The number of rotatable bonds is 3. The number of aromatic hydroxyl groups is 2. The van der Waals surface area contributed by atoms with Crippen molar-refractivity contribution in [2.75, 3.05) is 0 Å². The molecule has 4 heteroatoms. The van der Waals surface area contributed by atoms with Crippen LogP contribution < -0.4 is 0 Å². The number of hydrogen-bond donors (Lipinski definition) is 3. The molecule has 0 aliphatic rings. The van der Waals surface area contributed by atoms with E-state index in [-0.39, 0.29) is 5.56 Å². The summed E-state index contributed by atoms with van der Waals surface area (Å²) in [5.41, 5.74) is 0.962. The molecular formula is C15H12O4. The predicted octanol–water partition coefficient (Wildman–Crippen LogP) is 2.97. The minimum Gasteiger partial charge on any atom is -0.504 e. The predicted molar refractivity (Wildman–Crippen MR) is 72.1 cm³/mol. The van der Waals surface area contributed by atoms with Crippen LogP contribution in [0, 0.1) is 0 Å². The van der Waals surface area contributed by atoms with E-state index in [1.54, 1.807) is 12.2 Å². The molecule has 0 saturated heterocycles. The molecule has 0 radical (unpaired) electrons. The molecule has 0 unspecified atom stereocenters. The number of aromatic carboxylic acids is 1. The fraction of sp³-hybridized carbons (Fsp3) is 0. The smallest absolute Gasteiger partial charge is 0.339 e. The van der Waals surface area contributed by atoms with E-state index in [0.717, 1.165) is 5.56 Å². The molecule has 2 aromatic carbocycles. The van der Waals surface area contributed by atoms with Crippen molar-refractivity contribution in [1.82, 2.24) is 0 Å². The average Bonchev–Trinajstić information content (AvgIpc) is 2.41. The van der Waals surface area contributed by atoms with Crippen LogP contribution in [0.5, 0.6) is 11.5 Å². The van der Waals surface area contributed by atoms with Crippen molar-refractivity contribution in [3.05, 3.63) is 59.2 Å². The number of phenols is 2. The Morgan fingerprint density at radius 1 is 0.895 bits per heavy atom. The van der Waals surface area contributed by atoms with Crippen molar-refractivity contribution >= 4 is 18.1 Å². The van der Waals surface area contributed by atoms with Gasteiger partial charge in [-0.15, -0.1) is 0 Å². The molecule has 0 saturated carbocycles. The van der Waals surface area contributed by atoms with E-state index in [2.05, 4.69) is 0 Å². The van der Waals surface area contributed by atoms with Gasteiger partial charge < -0.3 is 15.3 Å². The molecular weight excluding hydrogens is 244 g/mol. The fourth-order valence-corrected chi connectivity index (χ4v) is 1.65. The Bertz CT molecular complexity index is 630. The maximum absolute atomic E-state index is 10.8. The molecule has 3 N–H and O–H groups in total. The standard InChI is InChI=1S/C15H12O4/c16-13-11(7-6-10-4-2-1-3-5-10)8-9-12(14(13)17)15(18)19/h1-9,16-17H,(H,18,19). The first-order chi connectivity index (χ1) is 9.09. The summed E-state index contributed by atoms with van der Waals surface area (Å²) in [5, 5.41) is 28.1. The Kier molecular flexibility index (Phi) is 3.52. The van der Waals surface area contributed by atoms with Crippen molar-refractivity contribution in [3.63, 3.8) is 0 Å². The second kappa shape index (κ2) is 5.27. The van der Waals surface area contributed by atoms with Gasteiger partial charge in [0.2, 0.25) is 0 Å². The number of carboxylic acids is 1. The normalized spacial score (nSPS) is 10.7. The van der Waals surface area contributed by atoms with Crippen molar-refractivity contribution in [2.45, 2.75) is 0 Å². The molecule has 0 fully saturated rings. The maximum atomic E-state index is 10.8. The Morgan fingerprint density at radius 2 is 1.58 bits per heavy atom. The summed E-state index contributed by atoms with van der Waals surface area (Å²) in [5.74, 6) is -2.35. The van der Waals surface area contributed by atoms with E-state index < -0.39 is 17.5 Å². The first-order valence-corrected chi connectivity index (χ1v) is 5.61. The lowest BCUT2D eigenvalue weighted by molar-refractivity contribution is 0.0693. The molecule has 2 aromatic rings. The highest BCUT2D eigenvalue weighted by molar-refractivity contribution is 5.93. The molecule has 0 spiro atoms. The minimum absolute atomic E-state index is 0.325. The van der Waals surface area contributed by atoms with Gasteiger partial charge in [-0.2, -0.15) is 0 Å². The van der Waals surface area contributed by atoms with E-state index >= 15 is 0 Å². The van der Waals surface area contributed by atoms with Gasteiger partial charge in [-0.3, -0.25) is 0 Å². The summed E-state index contributed by atoms with van der Waals surface area (Å²) in [6.07, 6.45) is 3.37. The molecule has 0 bridgehead atoms. The lowest BCUT2D eigenvalue weighted by Crippen LogP contribution is -1.97. The molecule has 0 aromatic heterocycles. The summed E-state index contributed by atoms with van der Waals surface area (Å²) >= 11 is 0. The molecule has 96 valence electrons. The summed E-state index contributed by atoms with van der Waals surface area (Å²) in [4.78, 5) is 10.8. The third-order valence-electron chi connectivity index (χ3n) is 2.67. The Hall–Kier alpha value is -2.75.